The Morgan fingerprint density at radius 1 is 1.10 bits per heavy atom. The Balaban J connectivity index is 2.55. The maximum atomic E-state index is 13.6. The Kier molecular flexibility index (Phi) is 5.26. The fraction of sp³-hybridized carbons (Fsp3) is 0.200. The van der Waals surface area contributed by atoms with Gasteiger partial charge in [-0.3, -0.25) is 0 Å². The van der Waals surface area contributed by atoms with Crippen LogP contribution in [0, 0.1) is 12.7 Å². The lowest BCUT2D eigenvalue weighted by Gasteiger charge is -2.18. The molecule has 1 atom stereocenters. The van der Waals surface area contributed by atoms with E-state index < -0.39 is 0 Å². The Labute approximate surface area is 142 Å². The molecule has 0 aliphatic rings. The number of rotatable bonds is 3. The monoisotopic (exact) mass is 464 g/mol. The summed E-state index contributed by atoms with van der Waals surface area (Å²) in [4.78, 5) is -0.0770. The quantitative estimate of drug-likeness (QED) is 0.493. The zero-order valence-electron chi connectivity index (χ0n) is 10.9. The molecule has 0 radical (unpaired) electrons. The Morgan fingerprint density at radius 2 is 1.80 bits per heavy atom. The van der Waals surface area contributed by atoms with E-state index in [-0.39, 0.29) is 10.6 Å². The third-order valence-corrected chi connectivity index (χ3v) is 5.58. The molecule has 0 aromatic heterocycles. The molecule has 0 saturated heterocycles. The van der Waals surface area contributed by atoms with Gasteiger partial charge in [0.1, 0.15) is 11.6 Å². The molecule has 106 valence electrons. The summed E-state index contributed by atoms with van der Waals surface area (Å²) in [6, 6.07) is 9.15. The van der Waals surface area contributed by atoms with E-state index in [1.165, 1.54) is 6.07 Å². The topological polar surface area (TPSA) is 9.23 Å². The predicted molar refractivity (Wildman–Crippen MR) is 90.3 cm³/mol. The highest BCUT2D eigenvalue weighted by Crippen LogP contribution is 2.41. The first-order valence-electron chi connectivity index (χ1n) is 5.87. The number of methoxy groups -OCH3 is 1. The summed E-state index contributed by atoms with van der Waals surface area (Å²) in [7, 11) is 1.54. The minimum Gasteiger partial charge on any atom is -0.496 e. The molecule has 0 aliphatic heterocycles. The number of benzene rings is 2. The van der Waals surface area contributed by atoms with Crippen LogP contribution < -0.4 is 4.74 Å². The molecular weight excluding hydrogens is 455 g/mol. The molecule has 2 aromatic carbocycles. The highest BCUT2D eigenvalue weighted by molar-refractivity contribution is 9.11. The van der Waals surface area contributed by atoms with Gasteiger partial charge in [0.25, 0.3) is 0 Å². The van der Waals surface area contributed by atoms with Crippen molar-refractivity contribution in [3.8, 4) is 5.75 Å². The van der Waals surface area contributed by atoms with Crippen LogP contribution in [0.5, 0.6) is 5.75 Å². The largest absolute Gasteiger partial charge is 0.496 e. The van der Waals surface area contributed by atoms with Crippen LogP contribution in [-0.2, 0) is 0 Å². The van der Waals surface area contributed by atoms with Gasteiger partial charge >= 0.3 is 0 Å². The first kappa shape index (κ1) is 16.0. The molecule has 0 heterocycles. The number of hydrogen-bond acceptors (Lipinski definition) is 1. The first-order valence-corrected chi connectivity index (χ1v) is 8.38. The van der Waals surface area contributed by atoms with E-state index in [0.29, 0.717) is 10.2 Å². The fourth-order valence-corrected chi connectivity index (χ4v) is 3.58. The van der Waals surface area contributed by atoms with Crippen LogP contribution in [0.1, 0.15) is 21.5 Å². The summed E-state index contributed by atoms with van der Waals surface area (Å²) in [5.74, 6) is 0.184. The van der Waals surface area contributed by atoms with Crippen molar-refractivity contribution in [3.05, 3.63) is 61.8 Å². The van der Waals surface area contributed by atoms with Gasteiger partial charge in [-0.2, -0.15) is 0 Å². The Bertz CT molecular complexity index is 643. The highest BCUT2D eigenvalue weighted by atomic mass is 79.9. The van der Waals surface area contributed by atoms with Crippen LogP contribution in [0.2, 0.25) is 0 Å². The smallest absolute Gasteiger partial charge is 0.141 e. The van der Waals surface area contributed by atoms with Crippen molar-refractivity contribution in [3.63, 3.8) is 0 Å². The normalized spacial score (nSPS) is 12.3. The molecular formula is C15H12Br3FO. The van der Waals surface area contributed by atoms with E-state index in [1.807, 2.05) is 25.1 Å². The van der Waals surface area contributed by atoms with Crippen molar-refractivity contribution < 1.29 is 9.13 Å². The van der Waals surface area contributed by atoms with Crippen LogP contribution in [-0.4, -0.2) is 7.11 Å². The van der Waals surface area contributed by atoms with E-state index in [1.54, 1.807) is 13.2 Å². The number of hydrogen-bond donors (Lipinski definition) is 0. The van der Waals surface area contributed by atoms with Crippen molar-refractivity contribution in [2.45, 2.75) is 11.8 Å². The number of alkyl halides is 1. The van der Waals surface area contributed by atoms with Gasteiger partial charge in [-0.25, -0.2) is 4.39 Å². The van der Waals surface area contributed by atoms with Gasteiger partial charge in [0.2, 0.25) is 0 Å². The summed E-state index contributed by atoms with van der Waals surface area (Å²) >= 11 is 10.4. The van der Waals surface area contributed by atoms with Crippen molar-refractivity contribution in [1.82, 2.24) is 0 Å². The van der Waals surface area contributed by atoms with E-state index in [2.05, 4.69) is 47.8 Å². The van der Waals surface area contributed by atoms with Gasteiger partial charge in [0.15, 0.2) is 0 Å². The van der Waals surface area contributed by atoms with Crippen LogP contribution in [0.3, 0.4) is 0 Å². The third-order valence-electron chi connectivity index (χ3n) is 3.13. The number of ether oxygens (including phenoxy) is 1. The van der Waals surface area contributed by atoms with Gasteiger partial charge in [0.05, 0.1) is 16.4 Å². The standard InChI is InChI=1S/C15H12Br3FO/c1-8-9(4-3-5-11(8)16)15(18)10-6-12(17)13(19)7-14(10)20-2/h3-7,15H,1-2H3. The molecule has 0 bridgehead atoms. The average Bonchev–Trinajstić information content (AvgIpc) is 2.43. The van der Waals surface area contributed by atoms with Gasteiger partial charge in [-0.15, -0.1) is 0 Å². The highest BCUT2D eigenvalue weighted by Gasteiger charge is 2.20. The summed E-state index contributed by atoms with van der Waals surface area (Å²) in [5, 5.41) is 0. The molecule has 2 aromatic rings. The second kappa shape index (κ2) is 6.58. The predicted octanol–water partition coefficient (Wildman–Crippen LogP) is 6.15. The first-order chi connectivity index (χ1) is 9.45. The van der Waals surface area contributed by atoms with Crippen molar-refractivity contribution in [2.24, 2.45) is 0 Å². The van der Waals surface area contributed by atoms with E-state index >= 15 is 0 Å². The lowest BCUT2D eigenvalue weighted by Crippen LogP contribution is -2.00. The van der Waals surface area contributed by atoms with Crippen molar-refractivity contribution in [1.29, 1.82) is 0 Å². The molecule has 0 N–H and O–H groups in total. The summed E-state index contributed by atoms with van der Waals surface area (Å²) in [5.41, 5.74) is 3.12. The van der Waals surface area contributed by atoms with E-state index in [9.17, 15) is 4.39 Å². The maximum absolute atomic E-state index is 13.6. The average molecular weight is 467 g/mol. The SMILES string of the molecule is COc1cc(F)c(Br)cc1C(Br)c1cccc(Br)c1C. The van der Waals surface area contributed by atoms with Crippen LogP contribution in [0.4, 0.5) is 4.39 Å². The third kappa shape index (κ3) is 3.10. The molecule has 0 amide bonds. The Hall–Kier alpha value is -0.390. The van der Waals surface area contributed by atoms with Crippen LogP contribution in [0.15, 0.2) is 39.3 Å². The van der Waals surface area contributed by atoms with Crippen LogP contribution in [0.25, 0.3) is 0 Å². The minimum atomic E-state index is -0.337. The molecule has 0 spiro atoms. The molecule has 20 heavy (non-hydrogen) atoms. The number of halogens is 4. The molecule has 0 saturated carbocycles. The second-order valence-electron chi connectivity index (χ2n) is 4.32. The Morgan fingerprint density at radius 3 is 2.45 bits per heavy atom. The second-order valence-corrected chi connectivity index (χ2v) is 6.95. The van der Waals surface area contributed by atoms with Gasteiger partial charge < -0.3 is 4.74 Å². The maximum Gasteiger partial charge on any atom is 0.141 e. The van der Waals surface area contributed by atoms with Crippen molar-refractivity contribution >= 4 is 47.8 Å². The van der Waals surface area contributed by atoms with Crippen LogP contribution >= 0.6 is 47.8 Å². The van der Waals surface area contributed by atoms with E-state index in [0.717, 1.165) is 21.2 Å². The van der Waals surface area contributed by atoms with E-state index in [4.69, 9.17) is 4.74 Å². The molecule has 0 aliphatic carbocycles. The fourth-order valence-electron chi connectivity index (χ4n) is 1.99. The van der Waals surface area contributed by atoms with Crippen molar-refractivity contribution in [2.75, 3.05) is 7.11 Å². The lowest BCUT2D eigenvalue weighted by atomic mass is 10.00. The summed E-state index contributed by atoms with van der Waals surface area (Å²) in [6.07, 6.45) is 0. The molecule has 5 heteroatoms. The minimum absolute atomic E-state index is 0.0770. The lowest BCUT2D eigenvalue weighted by molar-refractivity contribution is 0.406. The van der Waals surface area contributed by atoms with Gasteiger partial charge in [-0.1, -0.05) is 44.0 Å². The van der Waals surface area contributed by atoms with Gasteiger partial charge in [-0.05, 0) is 46.1 Å². The molecule has 1 unspecified atom stereocenters. The molecule has 1 nitrogen and oxygen atoms in total. The summed E-state index contributed by atoms with van der Waals surface area (Å²) < 4.78 is 20.4. The van der Waals surface area contributed by atoms with Gasteiger partial charge in [0, 0.05) is 16.1 Å². The summed E-state index contributed by atoms with van der Waals surface area (Å²) in [6.45, 7) is 2.04. The zero-order chi connectivity index (χ0) is 14.9. The molecule has 0 fully saturated rings. The zero-order valence-corrected chi connectivity index (χ0v) is 15.6. The molecule has 2 rings (SSSR count).